The molecule has 0 bridgehead atoms. The molecular weight excluding hydrogens is 222 g/mol. The molecule has 1 aromatic carbocycles. The Hall–Kier alpha value is -0.710. The Bertz CT molecular complexity index is 327. The van der Waals surface area contributed by atoms with Gasteiger partial charge in [0.1, 0.15) is 0 Å². The molecule has 1 aromatic rings. The molecule has 0 aliphatic rings. The van der Waals surface area contributed by atoms with E-state index in [0.717, 1.165) is 4.90 Å². The molecule has 0 heterocycles. The largest absolute Gasteiger partial charge is 0.391 e. The van der Waals surface area contributed by atoms with Gasteiger partial charge in [0.15, 0.2) is 0 Å². The molecule has 0 spiro atoms. The quantitative estimate of drug-likeness (QED) is 0.785. The number of rotatable bonds is 6. The van der Waals surface area contributed by atoms with Crippen molar-refractivity contribution < 1.29 is 9.32 Å². The number of benzene rings is 1. The predicted molar refractivity (Wildman–Crippen MR) is 66.9 cm³/mol. The normalized spacial score (nSPS) is 15.0. The first-order valence-electron chi connectivity index (χ1n) is 5.44. The van der Waals surface area contributed by atoms with Crippen LogP contribution in [0.5, 0.6) is 0 Å². The minimum absolute atomic E-state index is 0.281. The number of hydrogen-bond donors (Lipinski definition) is 2. The van der Waals surface area contributed by atoms with E-state index in [0.29, 0.717) is 12.6 Å². The van der Waals surface area contributed by atoms with Gasteiger partial charge in [-0.05, 0) is 12.1 Å². The number of aliphatic hydroxyl groups excluding tert-OH is 1. The van der Waals surface area contributed by atoms with Crippen LogP contribution in [0.4, 0.5) is 0 Å². The third kappa shape index (κ3) is 4.88. The van der Waals surface area contributed by atoms with Crippen molar-refractivity contribution in [3.8, 4) is 0 Å². The first-order chi connectivity index (χ1) is 7.59. The predicted octanol–water partition coefficient (Wildman–Crippen LogP) is 1.15. The highest BCUT2D eigenvalue weighted by Crippen LogP contribution is 2.06. The molecule has 0 aromatic heterocycles. The average molecular weight is 241 g/mol. The summed E-state index contributed by atoms with van der Waals surface area (Å²) in [7, 11) is -1.12. The van der Waals surface area contributed by atoms with E-state index in [2.05, 4.69) is 5.32 Å². The summed E-state index contributed by atoms with van der Waals surface area (Å²) in [6.07, 6.45) is -0.566. The lowest BCUT2D eigenvalue weighted by Gasteiger charge is -2.13. The molecule has 2 N–H and O–H groups in total. The molecule has 0 aliphatic heterocycles. The highest BCUT2D eigenvalue weighted by Gasteiger charge is 2.11. The zero-order chi connectivity index (χ0) is 12.0. The molecule has 1 rings (SSSR count). The van der Waals surface area contributed by atoms with Crippen LogP contribution in [0.25, 0.3) is 0 Å². The van der Waals surface area contributed by atoms with Gasteiger partial charge in [-0.15, -0.1) is 0 Å². The molecule has 90 valence electrons. The van der Waals surface area contributed by atoms with E-state index in [1.54, 1.807) is 0 Å². The van der Waals surface area contributed by atoms with Gasteiger partial charge in [-0.2, -0.15) is 0 Å². The standard InChI is InChI=1S/C12H19NO2S/c1-10(2)13-8-11(14)9-16(15)12-6-4-3-5-7-12/h3-7,10-11,13-14H,8-9H2,1-2H3/t11-,16-/m0/s1. The summed E-state index contributed by atoms with van der Waals surface area (Å²) in [6, 6.07) is 9.56. The van der Waals surface area contributed by atoms with E-state index in [9.17, 15) is 9.32 Å². The third-order valence-corrected chi connectivity index (χ3v) is 3.60. The van der Waals surface area contributed by atoms with Crippen LogP contribution in [-0.2, 0) is 10.8 Å². The molecule has 16 heavy (non-hydrogen) atoms. The molecule has 2 atom stereocenters. The number of aliphatic hydroxyl groups is 1. The van der Waals surface area contributed by atoms with Gasteiger partial charge < -0.3 is 10.4 Å². The van der Waals surface area contributed by atoms with E-state index < -0.39 is 16.9 Å². The molecule has 0 unspecified atom stereocenters. The average Bonchev–Trinajstić information content (AvgIpc) is 2.27. The first kappa shape index (κ1) is 13.4. The van der Waals surface area contributed by atoms with Crippen LogP contribution >= 0.6 is 0 Å². The van der Waals surface area contributed by atoms with Crippen LogP contribution in [0.15, 0.2) is 35.2 Å². The van der Waals surface area contributed by atoms with E-state index in [1.807, 2.05) is 44.2 Å². The van der Waals surface area contributed by atoms with E-state index in [1.165, 1.54) is 0 Å². The third-order valence-electron chi connectivity index (χ3n) is 2.11. The monoisotopic (exact) mass is 241 g/mol. The van der Waals surface area contributed by atoms with Gasteiger partial charge in [0.25, 0.3) is 0 Å². The van der Waals surface area contributed by atoms with E-state index in [-0.39, 0.29) is 5.75 Å². The molecule has 0 radical (unpaired) electrons. The van der Waals surface area contributed by atoms with Crippen LogP contribution in [0.2, 0.25) is 0 Å². The van der Waals surface area contributed by atoms with Crippen molar-refractivity contribution in [2.45, 2.75) is 30.9 Å². The van der Waals surface area contributed by atoms with Crippen molar-refractivity contribution in [3.63, 3.8) is 0 Å². The molecule has 0 saturated heterocycles. The summed E-state index contributed by atoms with van der Waals surface area (Å²) >= 11 is 0. The van der Waals surface area contributed by atoms with Crippen molar-refractivity contribution in [2.24, 2.45) is 0 Å². The lowest BCUT2D eigenvalue weighted by atomic mass is 10.3. The molecule has 0 amide bonds. The summed E-state index contributed by atoms with van der Waals surface area (Å²) in [6.45, 7) is 4.51. The van der Waals surface area contributed by atoms with Crippen LogP contribution in [0.1, 0.15) is 13.8 Å². The number of hydrogen-bond acceptors (Lipinski definition) is 3. The zero-order valence-electron chi connectivity index (χ0n) is 9.72. The van der Waals surface area contributed by atoms with Crippen molar-refractivity contribution >= 4 is 10.8 Å². The Morgan fingerprint density at radius 2 is 1.94 bits per heavy atom. The highest BCUT2D eigenvalue weighted by atomic mass is 32.2. The lowest BCUT2D eigenvalue weighted by Crippen LogP contribution is -2.34. The maximum atomic E-state index is 11.8. The van der Waals surface area contributed by atoms with E-state index in [4.69, 9.17) is 0 Å². The fourth-order valence-corrected chi connectivity index (χ4v) is 2.39. The first-order valence-corrected chi connectivity index (χ1v) is 6.76. The maximum absolute atomic E-state index is 11.8. The highest BCUT2D eigenvalue weighted by molar-refractivity contribution is 7.85. The van der Waals surface area contributed by atoms with Crippen molar-refractivity contribution in [1.82, 2.24) is 5.32 Å². The molecule has 0 fully saturated rings. The molecule has 0 saturated carbocycles. The summed E-state index contributed by atoms with van der Waals surface area (Å²) < 4.78 is 11.8. The van der Waals surface area contributed by atoms with Gasteiger partial charge >= 0.3 is 0 Å². The topological polar surface area (TPSA) is 49.3 Å². The summed E-state index contributed by atoms with van der Waals surface area (Å²) in [4.78, 5) is 0.770. The summed E-state index contributed by atoms with van der Waals surface area (Å²) in [5, 5.41) is 12.8. The van der Waals surface area contributed by atoms with Crippen LogP contribution in [-0.4, -0.2) is 33.8 Å². The Labute approximate surface area is 99.3 Å². The molecule has 3 nitrogen and oxygen atoms in total. The number of nitrogens with one attached hydrogen (secondary N) is 1. The minimum Gasteiger partial charge on any atom is -0.391 e. The second kappa shape index (κ2) is 6.78. The van der Waals surface area contributed by atoms with Crippen LogP contribution < -0.4 is 5.32 Å². The maximum Gasteiger partial charge on any atom is 0.0783 e. The summed E-state index contributed by atoms with van der Waals surface area (Å²) in [5.41, 5.74) is 0. The molecule has 0 aliphatic carbocycles. The lowest BCUT2D eigenvalue weighted by molar-refractivity contribution is 0.191. The van der Waals surface area contributed by atoms with Gasteiger partial charge in [-0.25, -0.2) is 0 Å². The fraction of sp³-hybridized carbons (Fsp3) is 0.500. The second-order valence-electron chi connectivity index (χ2n) is 4.04. The molecule has 4 heteroatoms. The van der Waals surface area contributed by atoms with Crippen LogP contribution in [0.3, 0.4) is 0 Å². The van der Waals surface area contributed by atoms with Crippen molar-refractivity contribution in [2.75, 3.05) is 12.3 Å². The van der Waals surface area contributed by atoms with Crippen LogP contribution in [0, 0.1) is 0 Å². The fourth-order valence-electron chi connectivity index (χ4n) is 1.27. The minimum atomic E-state index is -1.12. The zero-order valence-corrected chi connectivity index (χ0v) is 10.5. The second-order valence-corrected chi connectivity index (χ2v) is 5.54. The molecular formula is C12H19NO2S. The Morgan fingerprint density at radius 1 is 1.31 bits per heavy atom. The Kier molecular flexibility index (Phi) is 5.66. The Morgan fingerprint density at radius 3 is 2.50 bits per heavy atom. The smallest absolute Gasteiger partial charge is 0.0783 e. The summed E-state index contributed by atoms with van der Waals surface area (Å²) in [5.74, 6) is 0.281. The van der Waals surface area contributed by atoms with Gasteiger partial charge in [-0.3, -0.25) is 4.21 Å². The Balaban J connectivity index is 2.40. The van der Waals surface area contributed by atoms with Crippen molar-refractivity contribution in [3.05, 3.63) is 30.3 Å². The van der Waals surface area contributed by atoms with Gasteiger partial charge in [-0.1, -0.05) is 32.0 Å². The van der Waals surface area contributed by atoms with Crippen molar-refractivity contribution in [1.29, 1.82) is 0 Å². The van der Waals surface area contributed by atoms with Gasteiger partial charge in [0.2, 0.25) is 0 Å². The SMILES string of the molecule is CC(C)NC[C@H](O)C[S@](=O)c1ccccc1. The van der Waals surface area contributed by atoms with Gasteiger partial charge in [0.05, 0.1) is 22.7 Å². The van der Waals surface area contributed by atoms with E-state index >= 15 is 0 Å². The van der Waals surface area contributed by atoms with Gasteiger partial charge in [0, 0.05) is 17.5 Å².